The van der Waals surface area contributed by atoms with Crippen LogP contribution in [0.2, 0.25) is 5.02 Å². The SMILES string of the molecule is COC(=O)C(CC(C)C)NS(=O)(=O)c1cc(Cl)c(Br)s1. The molecule has 1 aromatic heterocycles. The molecular weight excluding hydrogens is 390 g/mol. The molecule has 0 fully saturated rings. The van der Waals surface area contributed by atoms with Crippen LogP contribution in [-0.4, -0.2) is 27.5 Å². The molecule has 0 saturated carbocycles. The standard InChI is InChI=1S/C11H15BrClNO4S2/c1-6(2)4-8(11(15)18-3)14-20(16,17)9-5-7(13)10(12)19-9/h5-6,8,14H,4H2,1-3H3. The molecule has 1 rings (SSSR count). The first-order chi connectivity index (χ1) is 9.17. The first kappa shape index (κ1) is 17.9. The predicted molar refractivity (Wildman–Crippen MR) is 82.6 cm³/mol. The second kappa shape index (κ2) is 7.22. The van der Waals surface area contributed by atoms with Crippen molar-refractivity contribution in [1.29, 1.82) is 0 Å². The second-order valence-electron chi connectivity index (χ2n) is 4.51. The highest BCUT2D eigenvalue weighted by molar-refractivity contribution is 9.11. The van der Waals surface area contributed by atoms with E-state index in [0.29, 0.717) is 15.2 Å². The van der Waals surface area contributed by atoms with Gasteiger partial charge in [0.2, 0.25) is 0 Å². The summed E-state index contributed by atoms with van der Waals surface area (Å²) in [6, 6.07) is 0.423. The van der Waals surface area contributed by atoms with E-state index in [1.54, 1.807) is 0 Å². The summed E-state index contributed by atoms with van der Waals surface area (Å²) in [6.07, 6.45) is 0.353. The number of halogens is 2. The van der Waals surface area contributed by atoms with Gasteiger partial charge in [0.15, 0.2) is 0 Å². The van der Waals surface area contributed by atoms with E-state index in [1.165, 1.54) is 13.2 Å². The summed E-state index contributed by atoms with van der Waals surface area (Å²) in [7, 11) is -2.58. The Labute approximate surface area is 135 Å². The minimum absolute atomic E-state index is 0.0482. The molecule has 1 unspecified atom stereocenters. The molecule has 1 N–H and O–H groups in total. The van der Waals surface area contributed by atoms with Gasteiger partial charge in [-0.05, 0) is 34.3 Å². The molecule has 114 valence electrons. The average molecular weight is 405 g/mol. The number of rotatable bonds is 6. The van der Waals surface area contributed by atoms with E-state index >= 15 is 0 Å². The molecule has 0 aliphatic carbocycles. The van der Waals surface area contributed by atoms with Gasteiger partial charge in [-0.2, -0.15) is 4.72 Å². The number of methoxy groups -OCH3 is 1. The Morgan fingerprint density at radius 1 is 1.55 bits per heavy atom. The fourth-order valence-electron chi connectivity index (χ4n) is 1.51. The van der Waals surface area contributed by atoms with Crippen molar-refractivity contribution in [2.75, 3.05) is 7.11 Å². The number of carbonyl (C=O) groups excluding carboxylic acids is 1. The van der Waals surface area contributed by atoms with Gasteiger partial charge < -0.3 is 4.74 Å². The fraction of sp³-hybridized carbons (Fsp3) is 0.545. The maximum Gasteiger partial charge on any atom is 0.323 e. The predicted octanol–water partition coefficient (Wildman–Crippen LogP) is 3.03. The lowest BCUT2D eigenvalue weighted by atomic mass is 10.1. The summed E-state index contributed by atoms with van der Waals surface area (Å²) in [6.45, 7) is 3.78. The number of carbonyl (C=O) groups is 1. The maximum atomic E-state index is 12.2. The van der Waals surface area contributed by atoms with Gasteiger partial charge in [-0.15, -0.1) is 11.3 Å². The minimum atomic E-state index is -3.81. The molecule has 1 heterocycles. The quantitative estimate of drug-likeness (QED) is 0.740. The van der Waals surface area contributed by atoms with Crippen molar-refractivity contribution in [3.8, 4) is 0 Å². The zero-order valence-corrected chi connectivity index (χ0v) is 15.1. The first-order valence-corrected chi connectivity index (χ1v) is 9.19. The Morgan fingerprint density at radius 2 is 2.15 bits per heavy atom. The molecule has 0 aromatic carbocycles. The van der Waals surface area contributed by atoms with Crippen molar-refractivity contribution in [2.45, 2.75) is 30.5 Å². The summed E-state index contributed by atoms with van der Waals surface area (Å²) < 4.78 is 32.0. The number of sulfonamides is 1. The molecule has 0 bridgehead atoms. The van der Waals surface area contributed by atoms with Crippen LogP contribution in [0.1, 0.15) is 20.3 Å². The van der Waals surface area contributed by atoms with Crippen LogP contribution < -0.4 is 4.72 Å². The monoisotopic (exact) mass is 403 g/mol. The number of hydrogen-bond acceptors (Lipinski definition) is 5. The van der Waals surface area contributed by atoms with Gasteiger partial charge in [0.05, 0.1) is 15.9 Å². The third-order valence-corrected chi connectivity index (χ3v) is 6.80. The molecule has 5 nitrogen and oxygen atoms in total. The van der Waals surface area contributed by atoms with Gasteiger partial charge in [0, 0.05) is 0 Å². The van der Waals surface area contributed by atoms with E-state index in [1.807, 2.05) is 13.8 Å². The van der Waals surface area contributed by atoms with Crippen molar-refractivity contribution in [2.24, 2.45) is 5.92 Å². The highest BCUT2D eigenvalue weighted by Gasteiger charge is 2.28. The number of hydrogen-bond donors (Lipinski definition) is 1. The summed E-state index contributed by atoms with van der Waals surface area (Å²) in [5.41, 5.74) is 0. The largest absolute Gasteiger partial charge is 0.468 e. The van der Waals surface area contributed by atoms with Crippen LogP contribution in [0.25, 0.3) is 0 Å². The molecule has 0 saturated heterocycles. The lowest BCUT2D eigenvalue weighted by Gasteiger charge is -2.17. The van der Waals surface area contributed by atoms with Crippen molar-refractivity contribution in [1.82, 2.24) is 4.72 Å². The molecule has 0 amide bonds. The minimum Gasteiger partial charge on any atom is -0.468 e. The van der Waals surface area contributed by atoms with Gasteiger partial charge in [-0.1, -0.05) is 25.4 Å². The van der Waals surface area contributed by atoms with E-state index in [0.717, 1.165) is 11.3 Å². The highest BCUT2D eigenvalue weighted by Crippen LogP contribution is 2.34. The second-order valence-corrected chi connectivity index (χ2v) is 9.23. The van der Waals surface area contributed by atoms with Crippen molar-refractivity contribution in [3.63, 3.8) is 0 Å². The molecule has 9 heteroatoms. The lowest BCUT2D eigenvalue weighted by Crippen LogP contribution is -2.42. The topological polar surface area (TPSA) is 72.5 Å². The Bertz CT molecular complexity index is 566. The Kier molecular flexibility index (Phi) is 6.46. The van der Waals surface area contributed by atoms with Gasteiger partial charge >= 0.3 is 5.97 Å². The maximum absolute atomic E-state index is 12.2. The average Bonchev–Trinajstić information content (AvgIpc) is 2.68. The number of nitrogens with one attached hydrogen (secondary N) is 1. The van der Waals surface area contributed by atoms with Crippen molar-refractivity contribution >= 4 is 54.9 Å². The first-order valence-electron chi connectivity index (χ1n) is 5.72. The summed E-state index contributed by atoms with van der Waals surface area (Å²) >= 11 is 9.97. The van der Waals surface area contributed by atoms with E-state index < -0.39 is 22.0 Å². The van der Waals surface area contributed by atoms with E-state index in [-0.39, 0.29) is 10.1 Å². The smallest absolute Gasteiger partial charge is 0.323 e. The highest BCUT2D eigenvalue weighted by atomic mass is 79.9. The Hall–Kier alpha value is -0.150. The van der Waals surface area contributed by atoms with Crippen LogP contribution in [0, 0.1) is 5.92 Å². The third-order valence-electron chi connectivity index (χ3n) is 2.38. The zero-order valence-electron chi connectivity index (χ0n) is 11.1. The molecule has 0 spiro atoms. The number of esters is 1. The van der Waals surface area contributed by atoms with E-state index in [2.05, 4.69) is 25.4 Å². The molecule has 0 radical (unpaired) electrons. The molecule has 1 atom stereocenters. The van der Waals surface area contributed by atoms with Gasteiger partial charge in [-0.25, -0.2) is 8.42 Å². The Morgan fingerprint density at radius 3 is 2.55 bits per heavy atom. The molecule has 1 aromatic rings. The molecule has 0 aliphatic rings. The van der Waals surface area contributed by atoms with Crippen LogP contribution in [0.4, 0.5) is 0 Å². The Balaban J connectivity index is 2.99. The van der Waals surface area contributed by atoms with Crippen LogP contribution in [0.15, 0.2) is 14.1 Å². The van der Waals surface area contributed by atoms with Crippen LogP contribution >= 0.6 is 38.9 Å². The van der Waals surface area contributed by atoms with Gasteiger partial charge in [0.1, 0.15) is 10.3 Å². The van der Waals surface area contributed by atoms with Crippen LogP contribution in [-0.2, 0) is 19.6 Å². The van der Waals surface area contributed by atoms with Gasteiger partial charge in [0.25, 0.3) is 10.0 Å². The van der Waals surface area contributed by atoms with Crippen molar-refractivity contribution in [3.05, 3.63) is 14.9 Å². The van der Waals surface area contributed by atoms with Gasteiger partial charge in [-0.3, -0.25) is 4.79 Å². The third kappa shape index (κ3) is 4.70. The van der Waals surface area contributed by atoms with Crippen molar-refractivity contribution < 1.29 is 17.9 Å². The summed E-state index contributed by atoms with van der Waals surface area (Å²) in [5, 5.41) is 0.314. The molecular formula is C11H15BrClNO4S2. The molecule has 20 heavy (non-hydrogen) atoms. The summed E-state index contributed by atoms with van der Waals surface area (Å²) in [5.74, 6) is -0.468. The summed E-state index contributed by atoms with van der Waals surface area (Å²) in [4.78, 5) is 11.6. The van der Waals surface area contributed by atoms with Crippen LogP contribution in [0.5, 0.6) is 0 Å². The normalized spacial score (nSPS) is 13.5. The fourth-order valence-corrected chi connectivity index (χ4v) is 5.12. The lowest BCUT2D eigenvalue weighted by molar-refractivity contribution is -0.143. The van der Waals surface area contributed by atoms with E-state index in [4.69, 9.17) is 11.6 Å². The number of thiophene rings is 1. The molecule has 0 aliphatic heterocycles. The number of ether oxygens (including phenoxy) is 1. The zero-order chi connectivity index (χ0) is 15.5. The van der Waals surface area contributed by atoms with E-state index in [9.17, 15) is 13.2 Å². The van der Waals surface area contributed by atoms with Crippen LogP contribution in [0.3, 0.4) is 0 Å².